The van der Waals surface area contributed by atoms with Gasteiger partial charge in [-0.05, 0) is 44.9 Å². The van der Waals surface area contributed by atoms with Gasteiger partial charge in [0.25, 0.3) is 0 Å². The number of benzene rings is 1. The Hall–Kier alpha value is -1.75. The molecule has 5 nitrogen and oxygen atoms in total. The van der Waals surface area contributed by atoms with Crippen LogP contribution in [0.1, 0.15) is 26.3 Å². The van der Waals surface area contributed by atoms with E-state index in [1.165, 1.54) is 0 Å². The van der Waals surface area contributed by atoms with Crippen molar-refractivity contribution in [2.75, 3.05) is 17.7 Å². The molecule has 0 aliphatic carbocycles. The van der Waals surface area contributed by atoms with E-state index < -0.39 is 11.7 Å². The van der Waals surface area contributed by atoms with Crippen LogP contribution in [0.15, 0.2) is 18.2 Å². The third-order valence-electron chi connectivity index (χ3n) is 2.17. The number of ether oxygens (including phenoxy) is 1. The molecule has 0 fully saturated rings. The minimum absolute atomic E-state index is 0.0447. The number of anilines is 2. The van der Waals surface area contributed by atoms with Crippen LogP contribution >= 0.6 is 0 Å². The van der Waals surface area contributed by atoms with Gasteiger partial charge in [-0.1, -0.05) is 6.07 Å². The van der Waals surface area contributed by atoms with Gasteiger partial charge in [0.1, 0.15) is 5.60 Å². The second-order valence-corrected chi connectivity index (χ2v) is 5.01. The summed E-state index contributed by atoms with van der Waals surface area (Å²) >= 11 is 0. The summed E-state index contributed by atoms with van der Waals surface area (Å²) in [5.74, 6) is 0. The van der Waals surface area contributed by atoms with Gasteiger partial charge in [0, 0.05) is 18.0 Å². The molecule has 0 aromatic heterocycles. The molecule has 0 spiro atoms. The summed E-state index contributed by atoms with van der Waals surface area (Å²) in [5.41, 5.74) is 7.24. The van der Waals surface area contributed by atoms with E-state index in [4.69, 9.17) is 15.6 Å². The molecular formula is C13H20N2O3. The van der Waals surface area contributed by atoms with E-state index in [9.17, 15) is 4.79 Å². The van der Waals surface area contributed by atoms with Crippen LogP contribution in [0, 0.1) is 0 Å². The molecule has 0 atom stereocenters. The van der Waals surface area contributed by atoms with Gasteiger partial charge in [-0.3, -0.25) is 5.32 Å². The summed E-state index contributed by atoms with van der Waals surface area (Å²) < 4.78 is 5.13. The lowest BCUT2D eigenvalue weighted by atomic mass is 10.1. The van der Waals surface area contributed by atoms with Crippen molar-refractivity contribution in [2.45, 2.75) is 32.8 Å². The Morgan fingerprint density at radius 1 is 1.44 bits per heavy atom. The zero-order valence-corrected chi connectivity index (χ0v) is 11.0. The van der Waals surface area contributed by atoms with Crippen LogP contribution in [-0.4, -0.2) is 23.4 Å². The molecule has 0 heterocycles. The molecule has 1 rings (SSSR count). The third kappa shape index (κ3) is 4.63. The van der Waals surface area contributed by atoms with Crippen LogP contribution in [0.3, 0.4) is 0 Å². The minimum atomic E-state index is -0.535. The lowest BCUT2D eigenvalue weighted by molar-refractivity contribution is 0.0636. The quantitative estimate of drug-likeness (QED) is 0.720. The molecule has 18 heavy (non-hydrogen) atoms. The number of nitrogens with one attached hydrogen (secondary N) is 1. The van der Waals surface area contributed by atoms with E-state index >= 15 is 0 Å². The van der Waals surface area contributed by atoms with Gasteiger partial charge in [-0.25, -0.2) is 4.79 Å². The predicted molar refractivity (Wildman–Crippen MR) is 71.5 cm³/mol. The average molecular weight is 252 g/mol. The molecular weight excluding hydrogens is 232 g/mol. The van der Waals surface area contributed by atoms with E-state index in [0.29, 0.717) is 17.8 Å². The molecule has 0 unspecified atom stereocenters. The molecule has 0 radical (unpaired) electrons. The normalized spacial score (nSPS) is 11.1. The lowest BCUT2D eigenvalue weighted by Crippen LogP contribution is -2.27. The maximum absolute atomic E-state index is 11.5. The highest BCUT2D eigenvalue weighted by Gasteiger charge is 2.16. The van der Waals surface area contributed by atoms with Gasteiger partial charge in [0.05, 0.1) is 0 Å². The summed E-state index contributed by atoms with van der Waals surface area (Å²) in [7, 11) is 0. The molecule has 1 aromatic rings. The Bertz CT molecular complexity index is 425. The summed E-state index contributed by atoms with van der Waals surface area (Å²) in [6.07, 6.45) is -0.0183. The smallest absolute Gasteiger partial charge is 0.412 e. The number of rotatable bonds is 3. The Morgan fingerprint density at radius 2 is 2.11 bits per heavy atom. The van der Waals surface area contributed by atoms with E-state index in [0.717, 1.165) is 5.56 Å². The number of amides is 1. The summed E-state index contributed by atoms with van der Waals surface area (Å²) in [5, 5.41) is 11.4. The van der Waals surface area contributed by atoms with Crippen LogP contribution in [0.25, 0.3) is 0 Å². The summed E-state index contributed by atoms with van der Waals surface area (Å²) in [4.78, 5) is 11.5. The van der Waals surface area contributed by atoms with Crippen LogP contribution in [-0.2, 0) is 11.2 Å². The molecule has 0 bridgehead atoms. The van der Waals surface area contributed by atoms with Crippen LogP contribution in [0.2, 0.25) is 0 Å². The lowest BCUT2D eigenvalue weighted by Gasteiger charge is -2.19. The van der Waals surface area contributed by atoms with E-state index in [1.807, 2.05) is 0 Å². The third-order valence-corrected chi connectivity index (χ3v) is 2.17. The fraction of sp³-hybridized carbons (Fsp3) is 0.462. The zero-order valence-electron chi connectivity index (χ0n) is 11.0. The number of hydrogen-bond donors (Lipinski definition) is 3. The monoisotopic (exact) mass is 252 g/mol. The highest BCUT2D eigenvalue weighted by Crippen LogP contribution is 2.19. The summed E-state index contributed by atoms with van der Waals surface area (Å²) in [6, 6.07) is 5.15. The van der Waals surface area contributed by atoms with Gasteiger partial charge in [-0.15, -0.1) is 0 Å². The average Bonchev–Trinajstić information content (AvgIpc) is 2.19. The number of nitrogens with two attached hydrogens (primary N) is 1. The standard InChI is InChI=1S/C13H20N2O3/c1-13(2,3)18-12(17)15-10-5-4-9(6-7-16)11(14)8-10/h4-5,8,16H,6-7,14H2,1-3H3,(H,15,17). The van der Waals surface area contributed by atoms with Crippen molar-refractivity contribution >= 4 is 17.5 Å². The SMILES string of the molecule is CC(C)(C)OC(=O)Nc1ccc(CCO)c(N)c1. The van der Waals surface area contributed by atoms with Crippen molar-refractivity contribution in [1.82, 2.24) is 0 Å². The van der Waals surface area contributed by atoms with Crippen molar-refractivity contribution in [1.29, 1.82) is 0 Å². The topological polar surface area (TPSA) is 84.6 Å². The van der Waals surface area contributed by atoms with E-state index in [-0.39, 0.29) is 6.61 Å². The molecule has 0 aliphatic heterocycles. The molecule has 0 saturated carbocycles. The maximum Gasteiger partial charge on any atom is 0.412 e. The molecule has 1 aromatic carbocycles. The molecule has 5 heteroatoms. The van der Waals surface area contributed by atoms with Crippen molar-refractivity contribution < 1.29 is 14.6 Å². The molecule has 1 amide bonds. The first-order valence-corrected chi connectivity index (χ1v) is 5.81. The number of nitrogen functional groups attached to an aromatic ring is 1. The van der Waals surface area contributed by atoms with E-state index in [1.54, 1.807) is 39.0 Å². The minimum Gasteiger partial charge on any atom is -0.444 e. The van der Waals surface area contributed by atoms with Crippen LogP contribution < -0.4 is 11.1 Å². The van der Waals surface area contributed by atoms with Crippen molar-refractivity contribution in [3.8, 4) is 0 Å². The number of aliphatic hydroxyl groups excluding tert-OH is 1. The van der Waals surface area contributed by atoms with Crippen molar-refractivity contribution in [2.24, 2.45) is 0 Å². The number of carbonyl (C=O) groups excluding carboxylic acids is 1. The number of hydrogen-bond acceptors (Lipinski definition) is 4. The van der Waals surface area contributed by atoms with Crippen LogP contribution in [0.4, 0.5) is 16.2 Å². The largest absolute Gasteiger partial charge is 0.444 e. The zero-order chi connectivity index (χ0) is 13.8. The second kappa shape index (κ2) is 5.73. The second-order valence-electron chi connectivity index (χ2n) is 5.01. The Labute approximate surface area is 107 Å². The van der Waals surface area contributed by atoms with E-state index in [2.05, 4.69) is 5.32 Å². The Kier molecular flexibility index (Phi) is 4.55. The fourth-order valence-electron chi connectivity index (χ4n) is 1.44. The van der Waals surface area contributed by atoms with Gasteiger partial charge in [-0.2, -0.15) is 0 Å². The van der Waals surface area contributed by atoms with Gasteiger partial charge < -0.3 is 15.6 Å². The maximum atomic E-state index is 11.5. The first kappa shape index (κ1) is 14.3. The van der Waals surface area contributed by atoms with Gasteiger partial charge in [0.2, 0.25) is 0 Å². The predicted octanol–water partition coefficient (Wildman–Crippen LogP) is 2.15. The molecule has 0 aliphatic rings. The first-order valence-electron chi connectivity index (χ1n) is 5.81. The highest BCUT2D eigenvalue weighted by atomic mass is 16.6. The number of carbonyl (C=O) groups is 1. The van der Waals surface area contributed by atoms with Crippen molar-refractivity contribution in [3.05, 3.63) is 23.8 Å². The molecule has 100 valence electrons. The fourth-order valence-corrected chi connectivity index (χ4v) is 1.44. The van der Waals surface area contributed by atoms with Gasteiger partial charge in [0.15, 0.2) is 0 Å². The summed E-state index contributed by atoms with van der Waals surface area (Å²) in [6.45, 7) is 5.44. The van der Waals surface area contributed by atoms with Crippen molar-refractivity contribution in [3.63, 3.8) is 0 Å². The first-order chi connectivity index (χ1) is 8.31. The van der Waals surface area contributed by atoms with Crippen LogP contribution in [0.5, 0.6) is 0 Å². The highest BCUT2D eigenvalue weighted by molar-refractivity contribution is 5.85. The Balaban J connectivity index is 2.69. The molecule has 4 N–H and O–H groups in total. The molecule has 0 saturated heterocycles. The van der Waals surface area contributed by atoms with Gasteiger partial charge >= 0.3 is 6.09 Å². The number of aliphatic hydroxyl groups is 1. The Morgan fingerprint density at radius 3 is 2.61 bits per heavy atom.